The molecule has 1 aliphatic rings. The van der Waals surface area contributed by atoms with Crippen molar-refractivity contribution in [2.75, 3.05) is 0 Å². The number of hydrogen-bond acceptors (Lipinski definition) is 3. The molecule has 1 heterocycles. The number of rotatable bonds is 3. The van der Waals surface area contributed by atoms with E-state index >= 15 is 0 Å². The Bertz CT molecular complexity index is 640. The number of aromatic nitrogens is 1. The van der Waals surface area contributed by atoms with E-state index in [0.717, 1.165) is 12.2 Å². The Kier molecular flexibility index (Phi) is 3.17. The van der Waals surface area contributed by atoms with Crippen molar-refractivity contribution in [2.24, 2.45) is 5.73 Å². The van der Waals surface area contributed by atoms with Gasteiger partial charge in [0.25, 0.3) is 0 Å². The smallest absolute Gasteiger partial charge is 0.155 e. The highest BCUT2D eigenvalue weighted by molar-refractivity contribution is 7.80. The average Bonchev–Trinajstić information content (AvgIpc) is 2.86. The number of thiocarbonyl (C=S) groups is 1. The van der Waals surface area contributed by atoms with Crippen LogP contribution in [0, 0.1) is 0 Å². The van der Waals surface area contributed by atoms with E-state index in [1.165, 1.54) is 24.0 Å². The third-order valence-electron chi connectivity index (χ3n) is 3.35. The first-order valence-corrected chi connectivity index (χ1v) is 6.68. The fourth-order valence-corrected chi connectivity index (χ4v) is 2.57. The normalized spacial score (nSPS) is 13.1. The van der Waals surface area contributed by atoms with Crippen LogP contribution in [0.25, 0.3) is 0 Å². The zero-order valence-electron chi connectivity index (χ0n) is 10.4. The number of benzene rings is 1. The molecule has 1 aliphatic carbocycles. The molecule has 0 aliphatic heterocycles. The lowest BCUT2D eigenvalue weighted by Gasteiger charge is -2.10. The topological polar surface area (TPSA) is 48.1 Å². The molecule has 0 atom stereocenters. The van der Waals surface area contributed by atoms with Crippen LogP contribution in [0.5, 0.6) is 11.5 Å². The fourth-order valence-electron chi connectivity index (χ4n) is 2.40. The summed E-state index contributed by atoms with van der Waals surface area (Å²) in [5.41, 5.74) is 9.19. The van der Waals surface area contributed by atoms with Gasteiger partial charge < -0.3 is 10.5 Å². The van der Waals surface area contributed by atoms with Crippen LogP contribution < -0.4 is 10.5 Å². The minimum atomic E-state index is 0.318. The predicted octanol–water partition coefficient (Wildman–Crippen LogP) is 3.00. The number of pyridine rings is 1. The lowest BCUT2D eigenvalue weighted by molar-refractivity contribution is 0.478. The average molecular weight is 270 g/mol. The molecule has 96 valence electrons. The van der Waals surface area contributed by atoms with Crippen molar-refractivity contribution >= 4 is 17.2 Å². The van der Waals surface area contributed by atoms with Crippen molar-refractivity contribution in [3.63, 3.8) is 0 Å². The fraction of sp³-hybridized carbons (Fsp3) is 0.200. The van der Waals surface area contributed by atoms with Gasteiger partial charge in [0.1, 0.15) is 10.7 Å². The number of aryl methyl sites for hydroxylation is 2. The first kappa shape index (κ1) is 12.1. The van der Waals surface area contributed by atoms with E-state index in [1.54, 1.807) is 18.5 Å². The number of hydrogen-bond donors (Lipinski definition) is 1. The maximum atomic E-state index is 5.87. The summed E-state index contributed by atoms with van der Waals surface area (Å²) in [4.78, 5) is 4.37. The van der Waals surface area contributed by atoms with Crippen LogP contribution in [-0.2, 0) is 12.8 Å². The Hall–Kier alpha value is -1.94. The molecule has 0 radical (unpaired) electrons. The highest BCUT2D eigenvalue weighted by Crippen LogP contribution is 2.30. The molecule has 0 bridgehead atoms. The molecule has 1 aromatic heterocycles. The van der Waals surface area contributed by atoms with Crippen LogP contribution >= 0.6 is 12.2 Å². The SMILES string of the molecule is NC(=S)c1ccncc1Oc1ccc2c(c1)CCC2. The summed E-state index contributed by atoms with van der Waals surface area (Å²) >= 11 is 5.02. The zero-order chi connectivity index (χ0) is 13.2. The highest BCUT2D eigenvalue weighted by atomic mass is 32.1. The summed E-state index contributed by atoms with van der Waals surface area (Å²) in [5, 5.41) is 0. The summed E-state index contributed by atoms with van der Waals surface area (Å²) in [6.45, 7) is 0. The molecule has 3 nitrogen and oxygen atoms in total. The first-order chi connectivity index (χ1) is 9.24. The van der Waals surface area contributed by atoms with Crippen molar-refractivity contribution in [2.45, 2.75) is 19.3 Å². The maximum absolute atomic E-state index is 5.87. The lowest BCUT2D eigenvalue weighted by Crippen LogP contribution is -2.10. The number of ether oxygens (including phenoxy) is 1. The maximum Gasteiger partial charge on any atom is 0.155 e. The predicted molar refractivity (Wildman–Crippen MR) is 78.7 cm³/mol. The highest BCUT2D eigenvalue weighted by Gasteiger charge is 2.13. The summed E-state index contributed by atoms with van der Waals surface area (Å²) in [7, 11) is 0. The van der Waals surface area contributed by atoms with Crippen LogP contribution in [0.1, 0.15) is 23.1 Å². The van der Waals surface area contributed by atoms with E-state index in [1.807, 2.05) is 6.07 Å². The van der Waals surface area contributed by atoms with Crippen molar-refractivity contribution in [3.05, 3.63) is 53.3 Å². The zero-order valence-corrected chi connectivity index (χ0v) is 11.2. The van der Waals surface area contributed by atoms with Crippen LogP contribution in [0.4, 0.5) is 0 Å². The van der Waals surface area contributed by atoms with Gasteiger partial charge in [0.2, 0.25) is 0 Å². The Morgan fingerprint density at radius 1 is 1.21 bits per heavy atom. The van der Waals surface area contributed by atoms with E-state index in [2.05, 4.69) is 17.1 Å². The molecule has 0 unspecified atom stereocenters. The molecule has 2 aromatic rings. The lowest BCUT2D eigenvalue weighted by atomic mass is 10.1. The number of nitrogens with two attached hydrogens (primary N) is 1. The van der Waals surface area contributed by atoms with Gasteiger partial charge >= 0.3 is 0 Å². The second kappa shape index (κ2) is 4.97. The summed E-state index contributed by atoms with van der Waals surface area (Å²) in [6, 6.07) is 7.98. The number of fused-ring (bicyclic) bond motifs is 1. The molecule has 4 heteroatoms. The van der Waals surface area contributed by atoms with Gasteiger partial charge in [-0.3, -0.25) is 4.98 Å². The van der Waals surface area contributed by atoms with Crippen molar-refractivity contribution in [3.8, 4) is 11.5 Å². The van der Waals surface area contributed by atoms with Gasteiger partial charge in [-0.15, -0.1) is 0 Å². The summed E-state index contributed by atoms with van der Waals surface area (Å²) < 4.78 is 5.87. The van der Waals surface area contributed by atoms with Gasteiger partial charge in [0, 0.05) is 6.20 Å². The van der Waals surface area contributed by atoms with E-state index in [0.29, 0.717) is 16.3 Å². The molecular formula is C15H14N2OS. The van der Waals surface area contributed by atoms with E-state index in [-0.39, 0.29) is 0 Å². The van der Waals surface area contributed by atoms with E-state index in [4.69, 9.17) is 22.7 Å². The van der Waals surface area contributed by atoms with Crippen molar-refractivity contribution in [1.29, 1.82) is 0 Å². The van der Waals surface area contributed by atoms with Gasteiger partial charge in [0.15, 0.2) is 5.75 Å². The second-order valence-electron chi connectivity index (χ2n) is 4.62. The molecule has 2 N–H and O–H groups in total. The van der Waals surface area contributed by atoms with Gasteiger partial charge in [-0.25, -0.2) is 0 Å². The van der Waals surface area contributed by atoms with Crippen molar-refractivity contribution in [1.82, 2.24) is 4.98 Å². The Morgan fingerprint density at radius 3 is 2.89 bits per heavy atom. The molecular weight excluding hydrogens is 256 g/mol. The van der Waals surface area contributed by atoms with Crippen molar-refractivity contribution < 1.29 is 4.74 Å². The first-order valence-electron chi connectivity index (χ1n) is 6.27. The summed E-state index contributed by atoms with van der Waals surface area (Å²) in [6.07, 6.45) is 6.82. The van der Waals surface area contributed by atoms with Gasteiger partial charge in [0.05, 0.1) is 11.8 Å². The quantitative estimate of drug-likeness (QED) is 0.871. The molecule has 0 fully saturated rings. The minimum absolute atomic E-state index is 0.318. The molecule has 19 heavy (non-hydrogen) atoms. The van der Waals surface area contributed by atoms with Gasteiger partial charge in [-0.1, -0.05) is 18.3 Å². The molecule has 1 aromatic carbocycles. The van der Waals surface area contributed by atoms with Crippen LogP contribution in [0.3, 0.4) is 0 Å². The third kappa shape index (κ3) is 2.44. The summed E-state index contributed by atoms with van der Waals surface area (Å²) in [5.74, 6) is 1.42. The van der Waals surface area contributed by atoms with Gasteiger partial charge in [-0.05, 0) is 48.6 Å². The Labute approximate surface area is 117 Å². The Morgan fingerprint density at radius 2 is 2.05 bits per heavy atom. The number of nitrogens with zero attached hydrogens (tertiary/aromatic N) is 1. The largest absolute Gasteiger partial charge is 0.455 e. The molecule has 0 saturated heterocycles. The molecule has 0 amide bonds. The van der Waals surface area contributed by atoms with Crippen LogP contribution in [0.2, 0.25) is 0 Å². The Balaban J connectivity index is 1.91. The minimum Gasteiger partial charge on any atom is -0.455 e. The standard InChI is InChI=1S/C15H14N2OS/c16-15(19)13-6-7-17-9-14(13)18-12-5-4-10-2-1-3-11(10)8-12/h4-9H,1-3H2,(H2,16,19). The molecule has 0 saturated carbocycles. The van der Waals surface area contributed by atoms with E-state index in [9.17, 15) is 0 Å². The second-order valence-corrected chi connectivity index (χ2v) is 5.06. The van der Waals surface area contributed by atoms with E-state index < -0.39 is 0 Å². The molecule has 0 spiro atoms. The molecule has 3 rings (SSSR count). The third-order valence-corrected chi connectivity index (χ3v) is 3.57. The van der Waals surface area contributed by atoms with Gasteiger partial charge in [-0.2, -0.15) is 0 Å². The van der Waals surface area contributed by atoms with Crippen LogP contribution in [-0.4, -0.2) is 9.97 Å². The monoisotopic (exact) mass is 270 g/mol. The van der Waals surface area contributed by atoms with Crippen LogP contribution in [0.15, 0.2) is 36.7 Å².